The number of hydrogen-bond acceptors (Lipinski definition) is 9. The second-order valence-electron chi connectivity index (χ2n) is 12.8. The van der Waals surface area contributed by atoms with Crippen molar-refractivity contribution in [2.24, 2.45) is 0 Å². The maximum absolute atomic E-state index is 14.0. The number of carbonyl (C=O) groups is 5. The van der Waals surface area contributed by atoms with Crippen LogP contribution in [-0.2, 0) is 47.0 Å². The molecule has 0 fully saturated rings. The van der Waals surface area contributed by atoms with Crippen molar-refractivity contribution in [3.8, 4) is 0 Å². The van der Waals surface area contributed by atoms with Gasteiger partial charge in [-0.25, -0.2) is 14.0 Å². The average Bonchev–Trinajstić information content (AvgIpc) is 3.09. The molecule has 0 saturated carbocycles. The highest BCUT2D eigenvalue weighted by Crippen LogP contribution is 2.12. The van der Waals surface area contributed by atoms with Gasteiger partial charge in [-0.3, -0.25) is 19.8 Å². The lowest BCUT2D eigenvalue weighted by Gasteiger charge is -2.28. The van der Waals surface area contributed by atoms with Crippen LogP contribution in [0.25, 0.3) is 0 Å². The molecular weight excluding hydrogens is 713 g/mol. The first-order valence-corrected chi connectivity index (χ1v) is 18.3. The Bertz CT molecular complexity index is 1640. The summed E-state index contributed by atoms with van der Waals surface area (Å²) in [4.78, 5) is 63.7. The summed E-state index contributed by atoms with van der Waals surface area (Å²) < 4.78 is 54.5. The number of hydrogen-bond donors (Lipinski definition) is 6. The molecule has 292 valence electrons. The van der Waals surface area contributed by atoms with Gasteiger partial charge in [-0.2, -0.15) is 13.1 Å². The van der Waals surface area contributed by atoms with E-state index in [9.17, 15) is 36.8 Å². The number of ether oxygens (including phenoxy) is 2. The lowest BCUT2D eigenvalue weighted by molar-refractivity contribution is -0.129. The van der Waals surface area contributed by atoms with Crippen LogP contribution in [0.2, 0.25) is 0 Å². The van der Waals surface area contributed by atoms with Crippen LogP contribution in [0.4, 0.5) is 14.0 Å². The first kappa shape index (κ1) is 44.1. The average molecular weight is 764 g/mol. The lowest BCUT2D eigenvalue weighted by atomic mass is 10.0. The van der Waals surface area contributed by atoms with Crippen molar-refractivity contribution in [3.63, 3.8) is 0 Å². The van der Waals surface area contributed by atoms with Crippen molar-refractivity contribution < 1.29 is 46.3 Å². The number of likely N-dealkylation sites (N-methyl/N-ethyl adjacent to an activating group) is 1. The SMILES string of the molecule is C=CCOC(=O)N[C@@H](C)C(=O)NN(Cc1ccc(F)cc1)S(=O)(=O)N[C@H](Cc1ccccc1)C(=O)N[C@@H](CCCCNC(=O)OC(C)(C)C)C(=O)NC. The summed E-state index contributed by atoms with van der Waals surface area (Å²) in [6.07, 6.45) is 0.609. The second-order valence-corrected chi connectivity index (χ2v) is 14.5. The summed E-state index contributed by atoms with van der Waals surface area (Å²) >= 11 is 0. The third-order valence-corrected chi connectivity index (χ3v) is 8.56. The van der Waals surface area contributed by atoms with Gasteiger partial charge in [0.25, 0.3) is 16.1 Å². The molecule has 2 rings (SSSR count). The molecule has 3 atom stereocenters. The van der Waals surface area contributed by atoms with Crippen LogP contribution >= 0.6 is 0 Å². The molecule has 0 saturated heterocycles. The van der Waals surface area contributed by atoms with Gasteiger partial charge in [0.15, 0.2) is 0 Å². The highest BCUT2D eigenvalue weighted by Gasteiger charge is 2.33. The predicted octanol–water partition coefficient (Wildman–Crippen LogP) is 2.33. The fraction of sp³-hybridized carbons (Fsp3) is 0.457. The Hall–Kier alpha value is -5.07. The topological polar surface area (TPSA) is 213 Å². The largest absolute Gasteiger partial charge is 0.445 e. The molecule has 53 heavy (non-hydrogen) atoms. The van der Waals surface area contributed by atoms with Crippen molar-refractivity contribution in [1.29, 1.82) is 0 Å². The van der Waals surface area contributed by atoms with Crippen molar-refractivity contribution in [3.05, 3.63) is 84.2 Å². The molecule has 0 spiro atoms. The zero-order chi connectivity index (χ0) is 39.6. The monoisotopic (exact) mass is 763 g/mol. The van der Waals surface area contributed by atoms with Crippen LogP contribution in [0.15, 0.2) is 67.3 Å². The first-order valence-electron chi connectivity index (χ1n) is 16.9. The molecule has 0 radical (unpaired) electrons. The number of hydrazine groups is 1. The Morgan fingerprint density at radius 1 is 0.887 bits per heavy atom. The first-order chi connectivity index (χ1) is 24.9. The zero-order valence-electron chi connectivity index (χ0n) is 30.6. The van der Waals surface area contributed by atoms with E-state index in [1.54, 1.807) is 51.1 Å². The van der Waals surface area contributed by atoms with Crippen molar-refractivity contribution in [1.82, 2.24) is 35.8 Å². The smallest absolute Gasteiger partial charge is 0.408 e. The zero-order valence-corrected chi connectivity index (χ0v) is 31.4. The Morgan fingerprint density at radius 3 is 2.15 bits per heavy atom. The highest BCUT2D eigenvalue weighted by molar-refractivity contribution is 7.87. The number of rotatable bonds is 20. The second kappa shape index (κ2) is 21.5. The molecule has 5 amide bonds. The Balaban J connectivity index is 2.31. The number of unbranched alkanes of at least 4 members (excludes halogenated alkanes) is 1. The maximum atomic E-state index is 14.0. The van der Waals surface area contributed by atoms with E-state index < -0.39 is 76.2 Å². The van der Waals surface area contributed by atoms with Gasteiger partial charge in [0, 0.05) is 13.6 Å². The third kappa shape index (κ3) is 16.9. The van der Waals surface area contributed by atoms with Crippen LogP contribution < -0.4 is 31.4 Å². The number of halogens is 1. The minimum atomic E-state index is -4.79. The molecule has 0 aromatic heterocycles. The molecule has 2 aromatic carbocycles. The minimum Gasteiger partial charge on any atom is -0.445 e. The molecule has 16 nitrogen and oxygen atoms in total. The van der Waals surface area contributed by atoms with Crippen molar-refractivity contribution in [2.45, 2.75) is 83.6 Å². The maximum Gasteiger partial charge on any atom is 0.408 e. The highest BCUT2D eigenvalue weighted by atomic mass is 32.2. The van der Waals surface area contributed by atoms with Crippen molar-refractivity contribution >= 4 is 40.1 Å². The van der Waals surface area contributed by atoms with Crippen LogP contribution in [0.3, 0.4) is 0 Å². The van der Waals surface area contributed by atoms with Gasteiger partial charge < -0.3 is 30.7 Å². The van der Waals surface area contributed by atoms with Crippen LogP contribution in [0.5, 0.6) is 0 Å². The van der Waals surface area contributed by atoms with E-state index >= 15 is 0 Å². The Kier molecular flexibility index (Phi) is 17.8. The molecule has 0 bridgehead atoms. The van der Waals surface area contributed by atoms with Gasteiger partial charge in [-0.05, 0) is 76.6 Å². The summed E-state index contributed by atoms with van der Waals surface area (Å²) in [6.45, 7) is 9.53. The number of carbonyl (C=O) groups excluding carboxylic acids is 5. The number of amides is 5. The molecule has 18 heteroatoms. The van der Waals surface area contributed by atoms with Gasteiger partial charge in [0.05, 0.1) is 6.54 Å². The Morgan fingerprint density at radius 2 is 1.55 bits per heavy atom. The standard InChI is InChI=1S/C35H50FN7O9S/c1-7-21-51-34(48)39-24(2)30(44)41-43(23-26-16-18-27(36)19-17-26)53(49,50)42-29(22-25-13-9-8-10-14-25)32(46)40-28(31(45)37-6)15-11-12-20-38-33(47)52-35(3,4)5/h7-10,13-14,16-19,24,28-29,42H,1,11-12,15,20-23H2,2-6H3,(H,37,45)(H,38,47)(H,39,48)(H,40,46)(H,41,44)/t24-,28-,29+/m0/s1. The summed E-state index contributed by atoms with van der Waals surface area (Å²) in [5, 5.41) is 10.0. The number of benzene rings is 2. The van der Waals surface area contributed by atoms with E-state index in [1.807, 2.05) is 0 Å². The molecule has 0 aliphatic rings. The van der Waals surface area contributed by atoms with Gasteiger partial charge in [0.1, 0.15) is 36.2 Å². The van der Waals surface area contributed by atoms with E-state index in [-0.39, 0.29) is 31.6 Å². The quantitative estimate of drug-likeness (QED) is 0.0663. The molecule has 0 heterocycles. The third-order valence-electron chi connectivity index (χ3n) is 7.18. The number of nitrogens with one attached hydrogen (secondary N) is 6. The summed E-state index contributed by atoms with van der Waals surface area (Å²) in [6, 6.07) is 9.48. The molecule has 6 N–H and O–H groups in total. The van der Waals surface area contributed by atoms with Crippen molar-refractivity contribution in [2.75, 3.05) is 20.2 Å². The van der Waals surface area contributed by atoms with Crippen LogP contribution in [0.1, 0.15) is 58.1 Å². The van der Waals surface area contributed by atoms with Gasteiger partial charge in [-0.15, -0.1) is 0 Å². The van der Waals surface area contributed by atoms with Gasteiger partial charge in [0.2, 0.25) is 11.8 Å². The summed E-state index contributed by atoms with van der Waals surface area (Å²) in [5.41, 5.74) is 2.42. The predicted molar refractivity (Wildman–Crippen MR) is 194 cm³/mol. The van der Waals surface area contributed by atoms with E-state index in [2.05, 4.69) is 38.0 Å². The minimum absolute atomic E-state index is 0.133. The lowest BCUT2D eigenvalue weighted by Crippen LogP contribution is -2.59. The molecule has 0 aliphatic carbocycles. The number of alkyl carbamates (subject to hydrolysis) is 2. The van der Waals surface area contributed by atoms with E-state index in [4.69, 9.17) is 9.47 Å². The van der Waals surface area contributed by atoms with E-state index in [0.717, 1.165) is 12.1 Å². The Labute approximate surface area is 309 Å². The molecule has 0 unspecified atom stereocenters. The fourth-order valence-electron chi connectivity index (χ4n) is 4.55. The summed E-state index contributed by atoms with van der Waals surface area (Å²) in [7, 11) is -3.40. The van der Waals surface area contributed by atoms with Gasteiger partial charge >= 0.3 is 12.2 Å². The molecule has 0 aliphatic heterocycles. The molecule has 2 aromatic rings. The number of nitrogens with zero attached hydrogens (tertiary/aromatic N) is 1. The van der Waals surface area contributed by atoms with E-state index in [0.29, 0.717) is 22.8 Å². The summed E-state index contributed by atoms with van der Waals surface area (Å²) in [5.74, 6) is -2.91. The normalized spacial score (nSPS) is 13.1. The van der Waals surface area contributed by atoms with Gasteiger partial charge in [-0.1, -0.05) is 59.5 Å². The van der Waals surface area contributed by atoms with Crippen LogP contribution in [0, 0.1) is 5.82 Å². The van der Waals surface area contributed by atoms with Crippen LogP contribution in [-0.4, -0.2) is 86.7 Å². The van der Waals surface area contributed by atoms with E-state index in [1.165, 1.54) is 32.2 Å². The molecular formula is C35H50FN7O9S. The fourth-order valence-corrected chi connectivity index (χ4v) is 5.76.